The molecular weight excluding hydrogens is 472 g/mol. The number of fused-ring (bicyclic) bond motifs is 1. The quantitative estimate of drug-likeness (QED) is 0.318. The van der Waals surface area contributed by atoms with E-state index < -0.39 is 11.6 Å². The number of pyridine rings is 1. The van der Waals surface area contributed by atoms with Gasteiger partial charge in [-0.1, -0.05) is 30.3 Å². The van der Waals surface area contributed by atoms with Crippen LogP contribution in [0.25, 0.3) is 22.2 Å². The molecule has 5 rings (SSSR count). The first-order valence-corrected chi connectivity index (χ1v) is 11.5. The van der Waals surface area contributed by atoms with Crippen molar-refractivity contribution in [2.24, 2.45) is 0 Å². The van der Waals surface area contributed by atoms with Gasteiger partial charge in [-0.05, 0) is 61.9 Å². The third kappa shape index (κ3) is 4.67. The van der Waals surface area contributed by atoms with E-state index in [4.69, 9.17) is 5.26 Å². The van der Waals surface area contributed by atoms with Crippen molar-refractivity contribution in [3.63, 3.8) is 0 Å². The molecule has 1 amide bonds. The SMILES string of the molecule is Cc1nn(Cc2ccc(C#N)cc2)c(C)c1NC(=O)c1cc(-c2ccc(F)c(F)c2)nc2ccccc12. The zero-order valence-corrected chi connectivity index (χ0v) is 20.1. The number of rotatable bonds is 5. The molecule has 0 saturated carbocycles. The number of aryl methyl sites for hydroxylation is 1. The molecule has 6 nitrogen and oxygen atoms in total. The summed E-state index contributed by atoms with van der Waals surface area (Å²) >= 11 is 0. The van der Waals surface area contributed by atoms with Crippen molar-refractivity contribution in [3.05, 3.63) is 113 Å². The molecule has 0 radical (unpaired) electrons. The van der Waals surface area contributed by atoms with Gasteiger partial charge in [-0.3, -0.25) is 9.48 Å². The Morgan fingerprint density at radius 3 is 2.49 bits per heavy atom. The molecule has 0 fully saturated rings. The summed E-state index contributed by atoms with van der Waals surface area (Å²) in [6, 6.07) is 21.6. The van der Waals surface area contributed by atoms with Gasteiger partial charge < -0.3 is 5.32 Å². The minimum absolute atomic E-state index is 0.351. The van der Waals surface area contributed by atoms with Crippen LogP contribution in [0.3, 0.4) is 0 Å². The Labute approximate surface area is 211 Å². The number of nitriles is 1. The fourth-order valence-corrected chi connectivity index (χ4v) is 4.24. The molecule has 0 saturated heterocycles. The molecule has 8 heteroatoms. The van der Waals surface area contributed by atoms with Crippen molar-refractivity contribution >= 4 is 22.5 Å². The van der Waals surface area contributed by atoms with Gasteiger partial charge in [0.05, 0.1) is 52.0 Å². The van der Waals surface area contributed by atoms with Crippen LogP contribution in [-0.2, 0) is 6.54 Å². The third-order valence-corrected chi connectivity index (χ3v) is 6.21. The number of carbonyl (C=O) groups is 1. The Bertz CT molecular complexity index is 1700. The topological polar surface area (TPSA) is 83.6 Å². The second-order valence-corrected chi connectivity index (χ2v) is 8.67. The van der Waals surface area contributed by atoms with Crippen LogP contribution in [0.1, 0.15) is 32.9 Å². The molecule has 5 aromatic rings. The maximum atomic E-state index is 13.9. The second-order valence-electron chi connectivity index (χ2n) is 8.67. The maximum absolute atomic E-state index is 13.9. The van der Waals surface area contributed by atoms with Gasteiger partial charge in [-0.15, -0.1) is 0 Å². The Morgan fingerprint density at radius 2 is 1.76 bits per heavy atom. The molecule has 0 bridgehead atoms. The highest BCUT2D eigenvalue weighted by Gasteiger charge is 2.19. The second kappa shape index (κ2) is 9.63. The lowest BCUT2D eigenvalue weighted by Gasteiger charge is -2.11. The smallest absolute Gasteiger partial charge is 0.256 e. The standard InChI is InChI=1S/C29H21F2N5O/c1-17-28(18(2)36(35-17)16-20-9-7-19(15-32)8-10-20)34-29(37)23-14-27(21-11-12-24(30)25(31)13-21)33-26-6-4-3-5-22(23)26/h3-14H,16H2,1-2H3,(H,34,37). The lowest BCUT2D eigenvalue weighted by atomic mass is 10.0. The van der Waals surface area contributed by atoms with Gasteiger partial charge >= 0.3 is 0 Å². The molecule has 0 aliphatic heterocycles. The molecular formula is C29H21F2N5O. The van der Waals surface area contributed by atoms with E-state index in [2.05, 4.69) is 21.5 Å². The molecule has 0 spiro atoms. The van der Waals surface area contributed by atoms with Gasteiger partial charge in [0, 0.05) is 10.9 Å². The van der Waals surface area contributed by atoms with E-state index >= 15 is 0 Å². The van der Waals surface area contributed by atoms with Crippen LogP contribution in [-0.4, -0.2) is 20.7 Å². The predicted octanol–water partition coefficient (Wildman–Crippen LogP) is 6.17. The first-order chi connectivity index (χ1) is 17.8. The summed E-state index contributed by atoms with van der Waals surface area (Å²) in [4.78, 5) is 18.1. The van der Waals surface area contributed by atoms with E-state index in [0.29, 0.717) is 51.2 Å². The molecule has 2 aromatic heterocycles. The predicted molar refractivity (Wildman–Crippen MR) is 137 cm³/mol. The van der Waals surface area contributed by atoms with Crippen molar-refractivity contribution in [3.8, 4) is 17.3 Å². The summed E-state index contributed by atoms with van der Waals surface area (Å²) in [5.74, 6) is -2.31. The zero-order valence-electron chi connectivity index (χ0n) is 20.1. The number of para-hydroxylation sites is 1. The van der Waals surface area contributed by atoms with Crippen LogP contribution in [0.4, 0.5) is 14.5 Å². The highest BCUT2D eigenvalue weighted by molar-refractivity contribution is 6.13. The van der Waals surface area contributed by atoms with Crippen molar-refractivity contribution in [1.82, 2.24) is 14.8 Å². The number of nitrogens with zero attached hydrogens (tertiary/aromatic N) is 4. The van der Waals surface area contributed by atoms with Crippen LogP contribution < -0.4 is 5.32 Å². The van der Waals surface area contributed by atoms with Gasteiger partial charge in [0.1, 0.15) is 0 Å². The number of halogens is 2. The van der Waals surface area contributed by atoms with Crippen molar-refractivity contribution in [2.75, 3.05) is 5.32 Å². The first-order valence-electron chi connectivity index (χ1n) is 11.5. The average molecular weight is 494 g/mol. The summed E-state index contributed by atoms with van der Waals surface area (Å²) in [5, 5.41) is 17.2. The van der Waals surface area contributed by atoms with E-state index in [0.717, 1.165) is 23.4 Å². The fourth-order valence-electron chi connectivity index (χ4n) is 4.24. The molecule has 37 heavy (non-hydrogen) atoms. The summed E-state index contributed by atoms with van der Waals surface area (Å²) in [5.41, 5.74) is 5.19. The summed E-state index contributed by atoms with van der Waals surface area (Å²) in [7, 11) is 0. The summed E-state index contributed by atoms with van der Waals surface area (Å²) < 4.78 is 29.2. The monoisotopic (exact) mass is 493 g/mol. The largest absolute Gasteiger partial charge is 0.319 e. The molecule has 0 atom stereocenters. The molecule has 3 aromatic carbocycles. The fraction of sp³-hybridized carbons (Fsp3) is 0.103. The number of hydrogen-bond acceptors (Lipinski definition) is 4. The van der Waals surface area contributed by atoms with Gasteiger partial charge in [-0.2, -0.15) is 10.4 Å². The number of amides is 1. The first kappa shape index (κ1) is 23.8. The highest BCUT2D eigenvalue weighted by Crippen LogP contribution is 2.28. The number of nitrogens with one attached hydrogen (secondary N) is 1. The van der Waals surface area contributed by atoms with Crippen LogP contribution in [0.5, 0.6) is 0 Å². The van der Waals surface area contributed by atoms with Crippen molar-refractivity contribution in [1.29, 1.82) is 5.26 Å². The van der Waals surface area contributed by atoms with Gasteiger partial charge in [0.2, 0.25) is 0 Å². The van der Waals surface area contributed by atoms with E-state index in [1.807, 2.05) is 32.0 Å². The van der Waals surface area contributed by atoms with E-state index in [1.165, 1.54) is 6.07 Å². The molecule has 2 heterocycles. The van der Waals surface area contributed by atoms with Gasteiger partial charge in [-0.25, -0.2) is 13.8 Å². The van der Waals surface area contributed by atoms with Crippen LogP contribution in [0, 0.1) is 36.8 Å². The lowest BCUT2D eigenvalue weighted by molar-refractivity contribution is 0.102. The Kier molecular flexibility index (Phi) is 6.20. The number of aromatic nitrogens is 3. The van der Waals surface area contributed by atoms with Gasteiger partial charge in [0.25, 0.3) is 5.91 Å². The molecule has 182 valence electrons. The highest BCUT2D eigenvalue weighted by atomic mass is 19.2. The Morgan fingerprint density at radius 1 is 1.00 bits per heavy atom. The normalized spacial score (nSPS) is 10.9. The molecule has 0 aliphatic rings. The number of anilines is 1. The summed E-state index contributed by atoms with van der Waals surface area (Å²) in [6.07, 6.45) is 0. The lowest BCUT2D eigenvalue weighted by Crippen LogP contribution is -2.14. The Balaban J connectivity index is 1.49. The third-order valence-electron chi connectivity index (χ3n) is 6.21. The Hall–Kier alpha value is -4.90. The van der Waals surface area contributed by atoms with Crippen LogP contribution in [0.2, 0.25) is 0 Å². The minimum atomic E-state index is -0.987. The number of hydrogen-bond donors (Lipinski definition) is 1. The van der Waals surface area contributed by atoms with E-state index in [-0.39, 0.29) is 5.91 Å². The number of benzene rings is 3. The van der Waals surface area contributed by atoms with Crippen molar-refractivity contribution < 1.29 is 13.6 Å². The molecule has 0 aliphatic carbocycles. The zero-order chi connectivity index (χ0) is 26.1. The minimum Gasteiger partial charge on any atom is -0.319 e. The number of carbonyl (C=O) groups excluding carboxylic acids is 1. The summed E-state index contributed by atoms with van der Waals surface area (Å²) in [6.45, 7) is 4.17. The average Bonchev–Trinajstić information content (AvgIpc) is 3.17. The molecule has 1 N–H and O–H groups in total. The maximum Gasteiger partial charge on any atom is 0.256 e. The van der Waals surface area contributed by atoms with Crippen molar-refractivity contribution in [2.45, 2.75) is 20.4 Å². The van der Waals surface area contributed by atoms with E-state index in [1.54, 1.807) is 41.1 Å². The van der Waals surface area contributed by atoms with Gasteiger partial charge in [0.15, 0.2) is 11.6 Å². The molecule has 0 unspecified atom stereocenters. The van der Waals surface area contributed by atoms with Crippen LogP contribution in [0.15, 0.2) is 72.8 Å². The van der Waals surface area contributed by atoms with E-state index in [9.17, 15) is 13.6 Å². The van der Waals surface area contributed by atoms with Crippen LogP contribution >= 0.6 is 0 Å².